The van der Waals surface area contributed by atoms with Crippen LogP contribution >= 0.6 is 0 Å². The maximum atomic E-state index is 13.6. The van der Waals surface area contributed by atoms with Gasteiger partial charge in [-0.1, -0.05) is 6.07 Å². The van der Waals surface area contributed by atoms with E-state index in [1.54, 1.807) is 0 Å². The van der Waals surface area contributed by atoms with Gasteiger partial charge in [0.2, 0.25) is 0 Å². The predicted octanol–water partition coefficient (Wildman–Crippen LogP) is 1.54. The summed E-state index contributed by atoms with van der Waals surface area (Å²) in [5.74, 6) is -2.05. The Morgan fingerprint density at radius 3 is 2.62 bits per heavy atom. The smallest absolute Gasteiger partial charge is 0.292 e. The summed E-state index contributed by atoms with van der Waals surface area (Å²) in [6.45, 7) is 0.104. The van der Waals surface area contributed by atoms with E-state index in [9.17, 15) is 18.4 Å². The Morgan fingerprint density at radius 1 is 1.24 bits per heavy atom. The zero-order valence-corrected chi connectivity index (χ0v) is 11.2. The van der Waals surface area contributed by atoms with Crippen molar-refractivity contribution in [1.82, 2.24) is 14.3 Å². The quantitative estimate of drug-likeness (QED) is 0.807. The van der Waals surface area contributed by atoms with Gasteiger partial charge < -0.3 is 0 Å². The normalized spacial score (nSPS) is 14.0. The first-order chi connectivity index (χ1) is 10.1. The molecule has 0 aliphatic carbocycles. The monoisotopic (exact) mass is 293 g/mol. The number of fused-ring (bicyclic) bond motifs is 1. The van der Waals surface area contributed by atoms with Crippen LogP contribution in [0.15, 0.2) is 23.0 Å². The third-order valence-electron chi connectivity index (χ3n) is 3.57. The molecule has 0 bridgehead atoms. The summed E-state index contributed by atoms with van der Waals surface area (Å²) in [4.78, 5) is 24.1. The highest BCUT2D eigenvalue weighted by molar-refractivity contribution is 5.96. The van der Waals surface area contributed by atoms with Crippen LogP contribution in [0.5, 0.6) is 0 Å². The molecule has 0 saturated carbocycles. The van der Waals surface area contributed by atoms with Gasteiger partial charge in [0.15, 0.2) is 5.78 Å². The molecule has 21 heavy (non-hydrogen) atoms. The third kappa shape index (κ3) is 2.39. The zero-order valence-electron chi connectivity index (χ0n) is 11.2. The number of hydrogen-bond acceptors (Lipinski definition) is 3. The second kappa shape index (κ2) is 5.23. The molecule has 0 fully saturated rings. The Labute approximate surface area is 118 Å². The molecule has 1 aliphatic rings. The summed E-state index contributed by atoms with van der Waals surface area (Å²) in [6.07, 6.45) is 2.49. The van der Waals surface area contributed by atoms with Crippen LogP contribution in [0.25, 0.3) is 0 Å². The van der Waals surface area contributed by atoms with Gasteiger partial charge in [-0.05, 0) is 25.0 Å². The van der Waals surface area contributed by atoms with Crippen molar-refractivity contribution in [2.24, 2.45) is 0 Å². The lowest BCUT2D eigenvalue weighted by Crippen LogP contribution is -2.29. The van der Waals surface area contributed by atoms with Crippen LogP contribution in [-0.4, -0.2) is 20.1 Å². The Hall–Kier alpha value is -2.31. The van der Waals surface area contributed by atoms with Crippen molar-refractivity contribution in [2.75, 3.05) is 0 Å². The van der Waals surface area contributed by atoms with Gasteiger partial charge in [0, 0.05) is 13.0 Å². The van der Waals surface area contributed by atoms with E-state index in [-0.39, 0.29) is 0 Å². The van der Waals surface area contributed by atoms with Crippen LogP contribution in [0, 0.1) is 11.6 Å². The number of Topliss-reactive ketones (excluding diaryl/α,β-unsaturated/α-hetero) is 1. The Balaban J connectivity index is 1.92. The van der Waals surface area contributed by atoms with Gasteiger partial charge in [-0.2, -0.15) is 5.10 Å². The van der Waals surface area contributed by atoms with Gasteiger partial charge >= 0.3 is 5.69 Å². The van der Waals surface area contributed by atoms with E-state index < -0.39 is 35.2 Å². The number of rotatable bonds is 3. The largest absolute Gasteiger partial charge is 0.346 e. The van der Waals surface area contributed by atoms with E-state index in [0.29, 0.717) is 18.8 Å². The number of halogens is 2. The lowest BCUT2D eigenvalue weighted by Gasteiger charge is -2.09. The lowest BCUT2D eigenvalue weighted by molar-refractivity contribution is 0.0957. The molecule has 7 heteroatoms. The summed E-state index contributed by atoms with van der Waals surface area (Å²) in [6, 6.07) is 3.21. The van der Waals surface area contributed by atoms with E-state index in [2.05, 4.69) is 5.10 Å². The molecule has 0 spiro atoms. The predicted molar refractivity (Wildman–Crippen MR) is 70.1 cm³/mol. The zero-order chi connectivity index (χ0) is 15.0. The van der Waals surface area contributed by atoms with Gasteiger partial charge in [0.25, 0.3) is 0 Å². The first-order valence-electron chi connectivity index (χ1n) is 6.71. The van der Waals surface area contributed by atoms with Gasteiger partial charge in [0.05, 0.1) is 5.56 Å². The molecule has 2 heterocycles. The van der Waals surface area contributed by atoms with Gasteiger partial charge in [-0.25, -0.2) is 18.3 Å². The highest BCUT2D eigenvalue weighted by Gasteiger charge is 2.21. The molecular weight excluding hydrogens is 280 g/mol. The number of carbonyl (C=O) groups excluding carboxylic acids is 1. The molecule has 1 aliphatic heterocycles. The van der Waals surface area contributed by atoms with Crippen molar-refractivity contribution in [3.63, 3.8) is 0 Å². The number of aryl methyl sites for hydroxylation is 1. The molecule has 0 amide bonds. The molecule has 1 aromatic heterocycles. The molecule has 0 N–H and O–H groups in total. The third-order valence-corrected chi connectivity index (χ3v) is 3.57. The maximum Gasteiger partial charge on any atom is 0.346 e. The minimum atomic E-state index is -0.933. The Kier molecular flexibility index (Phi) is 3.40. The van der Waals surface area contributed by atoms with E-state index in [0.717, 1.165) is 29.7 Å². The van der Waals surface area contributed by atoms with Crippen molar-refractivity contribution in [3.05, 3.63) is 51.7 Å². The molecule has 0 radical (unpaired) electrons. The Morgan fingerprint density at radius 2 is 1.95 bits per heavy atom. The maximum absolute atomic E-state index is 13.6. The van der Waals surface area contributed by atoms with Gasteiger partial charge in [0.1, 0.15) is 24.0 Å². The lowest BCUT2D eigenvalue weighted by atomic mass is 10.1. The van der Waals surface area contributed by atoms with Gasteiger partial charge in [-0.3, -0.25) is 9.36 Å². The fraction of sp³-hybridized carbons (Fsp3) is 0.357. The van der Waals surface area contributed by atoms with E-state index in [1.807, 2.05) is 0 Å². The number of carbonyl (C=O) groups is 1. The fourth-order valence-electron chi connectivity index (χ4n) is 2.53. The summed E-state index contributed by atoms with van der Waals surface area (Å²) in [5.41, 5.74) is -1.04. The standard InChI is InChI=1S/C14H13F2N3O2/c15-9-4-3-5-10(16)13(9)11(20)8-19-14(21)18-7-2-1-6-12(18)17-19/h3-5H,1-2,6-8H2. The van der Waals surface area contributed by atoms with E-state index in [1.165, 1.54) is 10.6 Å². The average Bonchev–Trinajstić information content (AvgIpc) is 2.76. The van der Waals surface area contributed by atoms with Crippen molar-refractivity contribution >= 4 is 5.78 Å². The second-order valence-electron chi connectivity index (χ2n) is 4.99. The minimum absolute atomic E-state index is 0.408. The summed E-state index contributed by atoms with van der Waals surface area (Å²) in [7, 11) is 0. The molecular formula is C14H13F2N3O2. The summed E-state index contributed by atoms with van der Waals surface area (Å²) < 4.78 is 29.6. The number of benzene rings is 1. The number of nitrogens with zero attached hydrogens (tertiary/aromatic N) is 3. The molecule has 5 nitrogen and oxygen atoms in total. The molecule has 0 unspecified atom stereocenters. The number of hydrogen-bond donors (Lipinski definition) is 0. The van der Waals surface area contributed by atoms with Crippen molar-refractivity contribution in [2.45, 2.75) is 32.4 Å². The number of ketones is 1. The van der Waals surface area contributed by atoms with Crippen LogP contribution in [0.4, 0.5) is 8.78 Å². The van der Waals surface area contributed by atoms with Crippen LogP contribution in [-0.2, 0) is 19.5 Å². The number of aromatic nitrogens is 3. The molecule has 0 saturated heterocycles. The molecule has 3 rings (SSSR count). The highest BCUT2D eigenvalue weighted by atomic mass is 19.1. The molecule has 0 atom stereocenters. The second-order valence-corrected chi connectivity index (χ2v) is 4.99. The SMILES string of the molecule is O=C(Cn1nc2n(c1=O)CCCC2)c1c(F)cccc1F. The van der Waals surface area contributed by atoms with Crippen molar-refractivity contribution < 1.29 is 13.6 Å². The highest BCUT2D eigenvalue weighted by Crippen LogP contribution is 2.14. The first-order valence-corrected chi connectivity index (χ1v) is 6.71. The summed E-state index contributed by atoms with van der Waals surface area (Å²) >= 11 is 0. The first kappa shape index (κ1) is 13.7. The fourth-order valence-corrected chi connectivity index (χ4v) is 2.53. The Bertz CT molecular complexity index is 744. The molecule has 1 aromatic carbocycles. The van der Waals surface area contributed by atoms with Gasteiger partial charge in [-0.15, -0.1) is 0 Å². The summed E-state index contributed by atoms with van der Waals surface area (Å²) in [5, 5.41) is 4.08. The van der Waals surface area contributed by atoms with E-state index in [4.69, 9.17) is 0 Å². The van der Waals surface area contributed by atoms with Crippen LogP contribution in [0.2, 0.25) is 0 Å². The van der Waals surface area contributed by atoms with Crippen molar-refractivity contribution in [1.29, 1.82) is 0 Å². The van der Waals surface area contributed by atoms with Crippen LogP contribution in [0.1, 0.15) is 29.0 Å². The average molecular weight is 293 g/mol. The van der Waals surface area contributed by atoms with Crippen molar-refractivity contribution in [3.8, 4) is 0 Å². The van der Waals surface area contributed by atoms with Crippen LogP contribution < -0.4 is 5.69 Å². The molecule has 2 aromatic rings. The minimum Gasteiger partial charge on any atom is -0.292 e. The van der Waals surface area contributed by atoms with Crippen LogP contribution in [0.3, 0.4) is 0 Å². The topological polar surface area (TPSA) is 56.9 Å². The van der Waals surface area contributed by atoms with E-state index >= 15 is 0 Å². The molecule has 110 valence electrons.